The second-order valence-electron chi connectivity index (χ2n) is 7.52. The van der Waals surface area contributed by atoms with E-state index < -0.39 is 0 Å². The van der Waals surface area contributed by atoms with Crippen molar-refractivity contribution in [2.75, 3.05) is 52.2 Å². The molecule has 0 amide bonds. The highest BCUT2D eigenvalue weighted by Crippen LogP contribution is 2.18. The smallest absolute Gasteiger partial charge is 0.193 e. The Morgan fingerprint density at radius 3 is 2.48 bits per heavy atom. The highest BCUT2D eigenvalue weighted by Gasteiger charge is 2.18. The zero-order valence-corrected chi connectivity index (χ0v) is 20.3. The average Bonchev–Trinajstić information content (AvgIpc) is 2.71. The number of likely N-dealkylation sites (N-methyl/N-ethyl adjacent to an activating group) is 1. The monoisotopic (exact) mass is 508 g/mol. The molecule has 1 saturated heterocycles. The van der Waals surface area contributed by atoms with Gasteiger partial charge in [0.25, 0.3) is 0 Å². The molecule has 0 atom stereocenters. The van der Waals surface area contributed by atoms with E-state index >= 15 is 0 Å². The first kappa shape index (κ1) is 23.4. The number of pyridine rings is 1. The number of aromatic nitrogens is 1. The predicted octanol–water partition coefficient (Wildman–Crippen LogP) is 2.97. The maximum Gasteiger partial charge on any atom is 0.193 e. The van der Waals surface area contributed by atoms with Crippen molar-refractivity contribution in [3.63, 3.8) is 0 Å². The number of nitrogens with one attached hydrogen (secondary N) is 1. The van der Waals surface area contributed by atoms with Crippen LogP contribution in [0.4, 0.5) is 5.82 Å². The van der Waals surface area contributed by atoms with Gasteiger partial charge in [0.15, 0.2) is 5.96 Å². The Morgan fingerprint density at radius 1 is 1.14 bits per heavy atom. The molecule has 158 valence electrons. The number of aryl methyl sites for hydroxylation is 1. The van der Waals surface area contributed by atoms with E-state index in [1.807, 2.05) is 19.3 Å². The third-order valence-electron chi connectivity index (χ3n) is 5.22. The van der Waals surface area contributed by atoms with Gasteiger partial charge in [0.1, 0.15) is 5.82 Å². The molecule has 1 fully saturated rings. The first-order valence-corrected chi connectivity index (χ1v) is 9.91. The van der Waals surface area contributed by atoms with E-state index in [0.29, 0.717) is 6.54 Å². The van der Waals surface area contributed by atoms with Gasteiger partial charge in [-0.05, 0) is 25.6 Å². The number of hydrogen-bond donors (Lipinski definition) is 1. The summed E-state index contributed by atoms with van der Waals surface area (Å²) >= 11 is 0. The van der Waals surface area contributed by atoms with Crippen LogP contribution in [0.5, 0.6) is 0 Å². The number of piperazine rings is 1. The standard InChI is InChI=1S/C22H32N6.HI/c1-18-7-9-19(10-8-18)17-27(4)22(23-2)25-16-20-6-5-11-24-21(20)28-14-12-26(3)13-15-28;/h5-11H,12-17H2,1-4H3,(H,23,25);1H. The van der Waals surface area contributed by atoms with E-state index in [9.17, 15) is 0 Å². The molecule has 1 aromatic carbocycles. The van der Waals surface area contributed by atoms with E-state index in [1.54, 1.807) is 0 Å². The van der Waals surface area contributed by atoms with Crippen molar-refractivity contribution < 1.29 is 0 Å². The molecule has 1 N–H and O–H groups in total. The molecule has 0 unspecified atom stereocenters. The largest absolute Gasteiger partial charge is 0.354 e. The third kappa shape index (κ3) is 6.57. The van der Waals surface area contributed by atoms with Gasteiger partial charge in [0.2, 0.25) is 0 Å². The first-order chi connectivity index (χ1) is 13.6. The molecule has 6 nitrogen and oxygen atoms in total. The average molecular weight is 508 g/mol. The van der Waals surface area contributed by atoms with Gasteiger partial charge in [-0.3, -0.25) is 4.99 Å². The Morgan fingerprint density at radius 2 is 1.83 bits per heavy atom. The molecule has 2 heterocycles. The number of rotatable bonds is 5. The van der Waals surface area contributed by atoms with E-state index in [0.717, 1.165) is 44.5 Å². The molecule has 1 aliphatic heterocycles. The number of hydrogen-bond acceptors (Lipinski definition) is 4. The molecule has 1 aliphatic rings. The van der Waals surface area contributed by atoms with Crippen molar-refractivity contribution in [2.45, 2.75) is 20.0 Å². The van der Waals surface area contributed by atoms with Gasteiger partial charge in [-0.2, -0.15) is 0 Å². The summed E-state index contributed by atoms with van der Waals surface area (Å²) in [4.78, 5) is 16.0. The van der Waals surface area contributed by atoms with Crippen molar-refractivity contribution in [1.29, 1.82) is 0 Å². The van der Waals surface area contributed by atoms with Crippen LogP contribution >= 0.6 is 24.0 Å². The highest BCUT2D eigenvalue weighted by atomic mass is 127. The van der Waals surface area contributed by atoms with E-state index in [4.69, 9.17) is 0 Å². The van der Waals surface area contributed by atoms with Crippen LogP contribution < -0.4 is 10.2 Å². The lowest BCUT2D eigenvalue weighted by molar-refractivity contribution is 0.311. The number of anilines is 1. The number of guanidine groups is 1. The highest BCUT2D eigenvalue weighted by molar-refractivity contribution is 14.0. The summed E-state index contributed by atoms with van der Waals surface area (Å²) in [6, 6.07) is 12.8. The summed E-state index contributed by atoms with van der Waals surface area (Å²) in [5.74, 6) is 1.97. The lowest BCUT2D eigenvalue weighted by Gasteiger charge is -2.34. The second kappa shape index (κ2) is 11.3. The Kier molecular flexibility index (Phi) is 9.16. The topological polar surface area (TPSA) is 47.0 Å². The van der Waals surface area contributed by atoms with Crippen molar-refractivity contribution in [3.8, 4) is 0 Å². The quantitative estimate of drug-likeness (QED) is 0.383. The van der Waals surface area contributed by atoms with Crippen LogP contribution in [0.25, 0.3) is 0 Å². The Hall–Kier alpha value is -1.87. The first-order valence-electron chi connectivity index (χ1n) is 9.91. The molecule has 0 spiro atoms. The SMILES string of the molecule is CN=C(NCc1cccnc1N1CCN(C)CC1)N(C)Cc1ccc(C)cc1.I. The zero-order valence-electron chi connectivity index (χ0n) is 17.9. The minimum atomic E-state index is 0. The van der Waals surface area contributed by atoms with Crippen LogP contribution in [-0.2, 0) is 13.1 Å². The molecular formula is C22H33IN6. The minimum absolute atomic E-state index is 0. The van der Waals surface area contributed by atoms with Crippen molar-refractivity contribution >= 4 is 35.8 Å². The Balaban J connectivity index is 0.00000300. The van der Waals surface area contributed by atoms with Crippen molar-refractivity contribution in [1.82, 2.24) is 20.1 Å². The normalized spacial score (nSPS) is 15.0. The number of halogens is 1. The van der Waals surface area contributed by atoms with Crippen LogP contribution in [0.1, 0.15) is 16.7 Å². The summed E-state index contributed by atoms with van der Waals surface area (Å²) < 4.78 is 0. The Labute approximate surface area is 192 Å². The zero-order chi connectivity index (χ0) is 19.9. The van der Waals surface area contributed by atoms with Gasteiger partial charge in [-0.1, -0.05) is 35.9 Å². The van der Waals surface area contributed by atoms with Crippen molar-refractivity contribution in [3.05, 3.63) is 59.3 Å². The number of nitrogens with zero attached hydrogens (tertiary/aromatic N) is 5. The summed E-state index contributed by atoms with van der Waals surface area (Å²) in [6.45, 7) is 7.82. The van der Waals surface area contributed by atoms with Gasteiger partial charge in [-0.25, -0.2) is 4.98 Å². The summed E-state index contributed by atoms with van der Waals surface area (Å²) in [7, 11) is 6.07. The van der Waals surface area contributed by atoms with Gasteiger partial charge < -0.3 is 20.0 Å². The van der Waals surface area contributed by atoms with Gasteiger partial charge in [0.05, 0.1) is 0 Å². The molecule has 0 radical (unpaired) electrons. The Bertz CT molecular complexity index is 784. The van der Waals surface area contributed by atoms with Crippen molar-refractivity contribution in [2.24, 2.45) is 4.99 Å². The maximum atomic E-state index is 4.67. The molecule has 0 bridgehead atoms. The summed E-state index contributed by atoms with van der Waals surface area (Å²) in [6.07, 6.45) is 1.88. The van der Waals surface area contributed by atoms with Gasteiger partial charge in [0, 0.05) is 65.1 Å². The van der Waals surface area contributed by atoms with Gasteiger partial charge >= 0.3 is 0 Å². The van der Waals surface area contributed by atoms with Crippen LogP contribution in [0.2, 0.25) is 0 Å². The lowest BCUT2D eigenvalue weighted by atomic mass is 10.1. The summed E-state index contributed by atoms with van der Waals surface area (Å²) in [5, 5.41) is 3.50. The molecule has 7 heteroatoms. The molecule has 29 heavy (non-hydrogen) atoms. The molecule has 1 aromatic heterocycles. The second-order valence-corrected chi connectivity index (χ2v) is 7.52. The molecule has 2 aromatic rings. The third-order valence-corrected chi connectivity index (χ3v) is 5.22. The number of aliphatic imine (C=N–C) groups is 1. The van der Waals surface area contributed by atoms with Crippen LogP contribution in [0.3, 0.4) is 0 Å². The fraction of sp³-hybridized carbons (Fsp3) is 0.455. The molecular weight excluding hydrogens is 475 g/mol. The van der Waals surface area contributed by atoms with E-state index in [2.05, 4.69) is 81.3 Å². The van der Waals surface area contributed by atoms with Gasteiger partial charge in [-0.15, -0.1) is 24.0 Å². The molecule has 0 saturated carbocycles. The molecule has 3 rings (SSSR count). The minimum Gasteiger partial charge on any atom is -0.354 e. The van der Waals surface area contributed by atoms with Crippen LogP contribution in [0.15, 0.2) is 47.6 Å². The summed E-state index contributed by atoms with van der Waals surface area (Å²) in [5.41, 5.74) is 3.76. The fourth-order valence-corrected chi connectivity index (χ4v) is 3.47. The van der Waals surface area contributed by atoms with E-state index in [-0.39, 0.29) is 24.0 Å². The fourth-order valence-electron chi connectivity index (χ4n) is 3.47. The molecule has 0 aliphatic carbocycles. The predicted molar refractivity (Wildman–Crippen MR) is 132 cm³/mol. The number of benzene rings is 1. The lowest BCUT2D eigenvalue weighted by Crippen LogP contribution is -2.45. The van der Waals surface area contributed by atoms with Crippen LogP contribution in [0, 0.1) is 6.92 Å². The van der Waals surface area contributed by atoms with E-state index in [1.165, 1.54) is 16.7 Å². The maximum absolute atomic E-state index is 4.67. The van der Waals surface area contributed by atoms with Crippen LogP contribution in [-0.4, -0.2) is 68.1 Å².